The van der Waals surface area contributed by atoms with Crippen molar-refractivity contribution in [2.75, 3.05) is 0 Å². The van der Waals surface area contributed by atoms with Gasteiger partial charge in [0.2, 0.25) is 0 Å². The second-order valence-corrected chi connectivity index (χ2v) is 5.78. The Hall–Kier alpha value is -1.70. The Morgan fingerprint density at radius 2 is 1.43 bits per heavy atom. The van der Waals surface area contributed by atoms with Gasteiger partial charge in [-0.15, -0.1) is 0 Å². The Morgan fingerprint density at radius 1 is 0.810 bits per heavy atom. The van der Waals surface area contributed by atoms with Crippen LogP contribution in [0.5, 0.6) is 0 Å². The molecule has 0 heterocycles. The molecule has 0 atom stereocenters. The van der Waals surface area contributed by atoms with Crippen molar-refractivity contribution in [1.82, 2.24) is 0 Å². The van der Waals surface area contributed by atoms with E-state index in [1.165, 1.54) is 32.1 Å². The van der Waals surface area contributed by atoms with Gasteiger partial charge in [0.25, 0.3) is 0 Å². The third-order valence-corrected chi connectivity index (χ3v) is 4.08. The lowest BCUT2D eigenvalue weighted by atomic mass is 9.87. The zero-order chi connectivity index (χ0) is 15.1. The molecule has 112 valence electrons. The summed E-state index contributed by atoms with van der Waals surface area (Å²) in [5, 5.41) is 0. The summed E-state index contributed by atoms with van der Waals surface area (Å²) in [5.74, 6) is 0.0133. The molecule has 0 bridgehead atoms. The number of hydrogen-bond acceptors (Lipinski definition) is 2. The quantitative estimate of drug-likeness (QED) is 0.620. The predicted molar refractivity (Wildman–Crippen MR) is 85.8 cm³/mol. The molecule has 0 aromatic heterocycles. The van der Waals surface area contributed by atoms with Crippen LogP contribution in [-0.2, 0) is 0 Å². The number of allylic oxidation sites excluding steroid dienone is 2. The summed E-state index contributed by atoms with van der Waals surface area (Å²) in [7, 11) is 0. The molecule has 21 heavy (non-hydrogen) atoms. The number of hydrogen-bond donors (Lipinski definition) is 0. The van der Waals surface area contributed by atoms with Crippen molar-refractivity contribution in [3.8, 4) is 0 Å². The highest BCUT2D eigenvalue weighted by molar-refractivity contribution is 6.24. The fourth-order valence-electron chi connectivity index (χ4n) is 2.83. The average molecular weight is 284 g/mol. The summed E-state index contributed by atoms with van der Waals surface area (Å²) in [6.07, 6.45) is 10.8. The highest BCUT2D eigenvalue weighted by Crippen LogP contribution is 2.24. The van der Waals surface area contributed by atoms with Crippen LogP contribution in [0, 0.1) is 0 Å². The number of fused-ring (bicyclic) bond motifs is 1. The lowest BCUT2D eigenvalue weighted by Crippen LogP contribution is -2.16. The maximum atomic E-state index is 12.3. The van der Waals surface area contributed by atoms with Crippen LogP contribution < -0.4 is 0 Å². The maximum Gasteiger partial charge on any atom is 0.189 e. The molecule has 0 unspecified atom stereocenters. The van der Waals surface area contributed by atoms with Crippen LogP contribution in [0.1, 0.15) is 79.0 Å². The zero-order valence-electron chi connectivity index (χ0n) is 12.9. The van der Waals surface area contributed by atoms with Gasteiger partial charge in [-0.25, -0.2) is 0 Å². The number of Topliss-reactive ketones (excluding diaryl/α,β-unsaturated/α-hetero) is 1. The molecule has 2 rings (SSSR count). The van der Waals surface area contributed by atoms with Crippen molar-refractivity contribution in [1.29, 1.82) is 0 Å². The molecule has 0 aliphatic heterocycles. The van der Waals surface area contributed by atoms with E-state index in [-0.39, 0.29) is 11.6 Å². The molecule has 2 nitrogen and oxygen atoms in total. The number of carbonyl (C=O) groups is 2. The van der Waals surface area contributed by atoms with Gasteiger partial charge in [0, 0.05) is 16.7 Å². The van der Waals surface area contributed by atoms with Crippen LogP contribution in [0.25, 0.3) is 0 Å². The second-order valence-electron chi connectivity index (χ2n) is 5.78. The Bertz CT molecular complexity index is 540. The highest BCUT2D eigenvalue weighted by atomic mass is 16.1. The van der Waals surface area contributed by atoms with Crippen molar-refractivity contribution in [3.63, 3.8) is 0 Å². The minimum Gasteiger partial charge on any atom is -0.289 e. The Balaban J connectivity index is 1.82. The molecule has 0 N–H and O–H groups in total. The number of rotatable bonds is 8. The second kappa shape index (κ2) is 7.92. The van der Waals surface area contributed by atoms with Crippen LogP contribution >= 0.6 is 0 Å². The summed E-state index contributed by atoms with van der Waals surface area (Å²) in [6.45, 7) is 2.22. The van der Waals surface area contributed by atoms with Gasteiger partial charge in [0.15, 0.2) is 11.6 Å². The molecule has 1 aromatic carbocycles. The van der Waals surface area contributed by atoms with E-state index < -0.39 is 0 Å². The fourth-order valence-corrected chi connectivity index (χ4v) is 2.83. The Morgan fingerprint density at radius 3 is 2.14 bits per heavy atom. The van der Waals surface area contributed by atoms with Gasteiger partial charge in [-0.3, -0.25) is 9.59 Å². The van der Waals surface area contributed by atoms with Crippen molar-refractivity contribution in [2.45, 2.75) is 58.3 Å². The molecule has 1 aliphatic carbocycles. The van der Waals surface area contributed by atoms with Gasteiger partial charge >= 0.3 is 0 Å². The fraction of sp³-hybridized carbons (Fsp3) is 0.474. The van der Waals surface area contributed by atoms with E-state index in [0.717, 1.165) is 19.3 Å². The van der Waals surface area contributed by atoms with Crippen LogP contribution in [0.3, 0.4) is 0 Å². The first-order valence-electron chi connectivity index (χ1n) is 8.12. The van der Waals surface area contributed by atoms with E-state index in [2.05, 4.69) is 6.92 Å². The van der Waals surface area contributed by atoms with Gasteiger partial charge in [-0.05, 0) is 18.9 Å². The smallest absolute Gasteiger partial charge is 0.189 e. The van der Waals surface area contributed by atoms with Crippen molar-refractivity contribution >= 4 is 11.6 Å². The van der Waals surface area contributed by atoms with E-state index in [4.69, 9.17) is 0 Å². The Labute approximate surface area is 127 Å². The van der Waals surface area contributed by atoms with Crippen LogP contribution in [0.15, 0.2) is 35.9 Å². The van der Waals surface area contributed by atoms with E-state index >= 15 is 0 Å². The van der Waals surface area contributed by atoms with Crippen molar-refractivity contribution in [2.24, 2.45) is 0 Å². The standard InChI is InChI=1S/C19H24O2/c1-2-3-4-5-6-7-8-11-15-14-18(20)16-12-9-10-13-17(16)19(15)21/h9-10,12-14H,2-8,11H2,1H3. The topological polar surface area (TPSA) is 34.1 Å². The summed E-state index contributed by atoms with van der Waals surface area (Å²) in [5.41, 5.74) is 1.81. The average Bonchev–Trinajstić information content (AvgIpc) is 2.51. The molecule has 1 aromatic rings. The molecule has 0 saturated carbocycles. The largest absolute Gasteiger partial charge is 0.289 e. The number of carbonyl (C=O) groups excluding carboxylic acids is 2. The van der Waals surface area contributed by atoms with Crippen LogP contribution in [-0.4, -0.2) is 11.6 Å². The minimum atomic E-state index is -0.0249. The highest BCUT2D eigenvalue weighted by Gasteiger charge is 2.24. The molecule has 1 aliphatic rings. The third kappa shape index (κ3) is 4.13. The summed E-state index contributed by atoms with van der Waals surface area (Å²) in [4.78, 5) is 24.4. The van der Waals surface area contributed by atoms with E-state index in [0.29, 0.717) is 16.7 Å². The van der Waals surface area contributed by atoms with Crippen LogP contribution in [0.4, 0.5) is 0 Å². The van der Waals surface area contributed by atoms with Crippen LogP contribution in [0.2, 0.25) is 0 Å². The number of benzene rings is 1. The summed E-state index contributed by atoms with van der Waals surface area (Å²) in [6, 6.07) is 7.11. The summed E-state index contributed by atoms with van der Waals surface area (Å²) < 4.78 is 0. The lowest BCUT2D eigenvalue weighted by molar-refractivity contribution is 0.0981. The third-order valence-electron chi connectivity index (χ3n) is 4.08. The molecule has 0 amide bonds. The molecular formula is C19H24O2. The molecule has 0 radical (unpaired) electrons. The first kappa shape index (κ1) is 15.7. The number of unbranched alkanes of at least 4 members (excludes halogenated alkanes) is 6. The first-order chi connectivity index (χ1) is 10.2. The molecule has 0 fully saturated rings. The van der Waals surface area contributed by atoms with Gasteiger partial charge < -0.3 is 0 Å². The zero-order valence-corrected chi connectivity index (χ0v) is 12.9. The van der Waals surface area contributed by atoms with Crippen molar-refractivity contribution < 1.29 is 9.59 Å². The van der Waals surface area contributed by atoms with E-state index in [9.17, 15) is 9.59 Å². The lowest BCUT2D eigenvalue weighted by Gasteiger charge is -2.14. The minimum absolute atomic E-state index is 0.0249. The monoisotopic (exact) mass is 284 g/mol. The molecule has 0 spiro atoms. The van der Waals surface area contributed by atoms with E-state index in [1.54, 1.807) is 24.3 Å². The van der Waals surface area contributed by atoms with Crippen molar-refractivity contribution in [3.05, 3.63) is 47.0 Å². The molecule has 2 heteroatoms. The van der Waals surface area contributed by atoms with E-state index in [1.807, 2.05) is 6.07 Å². The normalized spacial score (nSPS) is 14.0. The van der Waals surface area contributed by atoms with Gasteiger partial charge in [0.05, 0.1) is 0 Å². The maximum absolute atomic E-state index is 12.3. The van der Waals surface area contributed by atoms with Gasteiger partial charge in [-0.2, -0.15) is 0 Å². The number of ketones is 2. The summed E-state index contributed by atoms with van der Waals surface area (Å²) >= 11 is 0. The SMILES string of the molecule is CCCCCCCCCC1=CC(=O)c2ccccc2C1=O. The Kier molecular flexibility index (Phi) is 5.91. The predicted octanol–water partition coefficient (Wildman–Crippen LogP) is 5.13. The molecule has 0 saturated heterocycles. The van der Waals surface area contributed by atoms with Gasteiger partial charge in [0.1, 0.15) is 0 Å². The van der Waals surface area contributed by atoms with Gasteiger partial charge in [-0.1, -0.05) is 69.7 Å². The molecular weight excluding hydrogens is 260 g/mol. The first-order valence-corrected chi connectivity index (χ1v) is 8.12.